The number of hydrogen-bond acceptors (Lipinski definition) is 4. The van der Waals surface area contributed by atoms with Gasteiger partial charge < -0.3 is 23.8 Å². The highest BCUT2D eigenvalue weighted by atomic mass is 16.5. The van der Waals surface area contributed by atoms with E-state index < -0.39 is 0 Å². The van der Waals surface area contributed by atoms with Crippen molar-refractivity contribution in [3.8, 4) is 0 Å². The highest BCUT2D eigenvalue weighted by Gasteiger charge is 2.21. The topological polar surface area (TPSA) is 64.0 Å². The van der Waals surface area contributed by atoms with Gasteiger partial charge in [-0.25, -0.2) is 0 Å². The summed E-state index contributed by atoms with van der Waals surface area (Å²) in [7, 11) is 5.04. The number of aryl methyl sites for hydroxylation is 1. The molecule has 0 aliphatic heterocycles. The van der Waals surface area contributed by atoms with Crippen molar-refractivity contribution in [1.29, 1.82) is 0 Å². The molecule has 0 unspecified atom stereocenters. The summed E-state index contributed by atoms with van der Waals surface area (Å²) in [6, 6.07) is 3.93. The van der Waals surface area contributed by atoms with Crippen molar-refractivity contribution in [3.63, 3.8) is 0 Å². The molecule has 7 heteroatoms. The average Bonchev–Trinajstić information content (AvgIpc) is 3.00. The van der Waals surface area contributed by atoms with Crippen molar-refractivity contribution in [2.45, 2.75) is 26.3 Å². The molecule has 0 atom stereocenters. The Bertz CT molecular complexity index is 530. The van der Waals surface area contributed by atoms with E-state index in [2.05, 4.69) is 6.92 Å². The summed E-state index contributed by atoms with van der Waals surface area (Å²) in [5.74, 6) is -0.242. The molecule has 0 saturated heterocycles. The van der Waals surface area contributed by atoms with Crippen LogP contribution in [0.5, 0.6) is 0 Å². The number of unbranched alkanes of at least 4 members (excludes halogenated alkanes) is 1. The average molecular weight is 353 g/mol. The lowest BCUT2D eigenvalue weighted by atomic mass is 10.3. The van der Waals surface area contributed by atoms with Gasteiger partial charge in [-0.2, -0.15) is 0 Å². The second-order valence-corrected chi connectivity index (χ2v) is 6.02. The first-order chi connectivity index (χ1) is 12.0. The summed E-state index contributed by atoms with van der Waals surface area (Å²) in [4.78, 5) is 28.3. The Labute approximate surface area is 150 Å². The normalized spacial score (nSPS) is 10.7. The third-order valence-electron chi connectivity index (χ3n) is 4.05. The van der Waals surface area contributed by atoms with E-state index in [9.17, 15) is 9.59 Å². The largest absolute Gasteiger partial charge is 0.383 e. The predicted octanol–water partition coefficient (Wildman–Crippen LogP) is 1.28. The SMILES string of the molecule is CCCCN(CC(=O)N(CCOC)Cc1cccn1C)C(=O)COC. The number of amides is 2. The lowest BCUT2D eigenvalue weighted by Crippen LogP contribution is -2.45. The van der Waals surface area contributed by atoms with Crippen LogP contribution in [0.15, 0.2) is 18.3 Å². The molecular formula is C18H31N3O4. The van der Waals surface area contributed by atoms with Gasteiger partial charge in [0.1, 0.15) is 6.61 Å². The van der Waals surface area contributed by atoms with Gasteiger partial charge in [0.15, 0.2) is 0 Å². The summed E-state index contributed by atoms with van der Waals surface area (Å²) < 4.78 is 12.0. The monoisotopic (exact) mass is 353 g/mol. The van der Waals surface area contributed by atoms with Crippen LogP contribution in [0, 0.1) is 0 Å². The van der Waals surface area contributed by atoms with Crippen molar-refractivity contribution < 1.29 is 19.1 Å². The van der Waals surface area contributed by atoms with Gasteiger partial charge in [-0.3, -0.25) is 9.59 Å². The van der Waals surface area contributed by atoms with E-state index in [4.69, 9.17) is 9.47 Å². The molecule has 1 aromatic heterocycles. The fraction of sp³-hybridized carbons (Fsp3) is 0.667. The Morgan fingerprint density at radius 3 is 2.44 bits per heavy atom. The lowest BCUT2D eigenvalue weighted by molar-refractivity contribution is -0.143. The van der Waals surface area contributed by atoms with E-state index in [1.54, 1.807) is 16.9 Å². The smallest absolute Gasteiger partial charge is 0.249 e. The van der Waals surface area contributed by atoms with Crippen LogP contribution in [0.4, 0.5) is 0 Å². The standard InChI is InChI=1S/C18H31N3O4/c1-5-6-10-20(18(23)15-25-4)14-17(22)21(11-12-24-3)13-16-8-7-9-19(16)2/h7-9H,5-6,10-15H2,1-4H3. The minimum Gasteiger partial charge on any atom is -0.383 e. The predicted molar refractivity (Wildman–Crippen MR) is 96.1 cm³/mol. The van der Waals surface area contributed by atoms with Gasteiger partial charge in [0, 0.05) is 46.2 Å². The molecule has 0 aliphatic rings. The number of nitrogens with zero attached hydrogens (tertiary/aromatic N) is 3. The number of hydrogen-bond donors (Lipinski definition) is 0. The van der Waals surface area contributed by atoms with Gasteiger partial charge in [-0.05, 0) is 18.6 Å². The Kier molecular flexibility index (Phi) is 9.87. The zero-order valence-electron chi connectivity index (χ0n) is 15.9. The molecule has 0 saturated carbocycles. The highest BCUT2D eigenvalue weighted by Crippen LogP contribution is 2.07. The maximum Gasteiger partial charge on any atom is 0.249 e. The summed E-state index contributed by atoms with van der Waals surface area (Å²) in [6.45, 7) is 4.11. The summed E-state index contributed by atoms with van der Waals surface area (Å²) in [6.07, 6.45) is 3.77. The van der Waals surface area contributed by atoms with Gasteiger partial charge in [0.2, 0.25) is 11.8 Å². The Hall–Kier alpha value is -1.86. The first kappa shape index (κ1) is 21.2. The Balaban J connectivity index is 2.78. The van der Waals surface area contributed by atoms with Crippen molar-refractivity contribution in [2.24, 2.45) is 7.05 Å². The Morgan fingerprint density at radius 1 is 1.12 bits per heavy atom. The fourth-order valence-corrected chi connectivity index (χ4v) is 2.47. The van der Waals surface area contributed by atoms with Crippen LogP contribution in [0.3, 0.4) is 0 Å². The van der Waals surface area contributed by atoms with Gasteiger partial charge in [0.05, 0.1) is 19.7 Å². The van der Waals surface area contributed by atoms with E-state index >= 15 is 0 Å². The zero-order valence-corrected chi connectivity index (χ0v) is 15.9. The molecule has 25 heavy (non-hydrogen) atoms. The quantitative estimate of drug-likeness (QED) is 0.568. The summed E-state index contributed by atoms with van der Waals surface area (Å²) >= 11 is 0. The number of methoxy groups -OCH3 is 2. The van der Waals surface area contributed by atoms with Crippen LogP contribution >= 0.6 is 0 Å². The minimum absolute atomic E-state index is 0.00707. The van der Waals surface area contributed by atoms with E-state index in [-0.39, 0.29) is 25.0 Å². The van der Waals surface area contributed by atoms with Gasteiger partial charge in [-0.1, -0.05) is 13.3 Å². The molecule has 0 fully saturated rings. The highest BCUT2D eigenvalue weighted by molar-refractivity contribution is 5.85. The van der Waals surface area contributed by atoms with Crippen LogP contribution in [0.25, 0.3) is 0 Å². The first-order valence-corrected chi connectivity index (χ1v) is 8.67. The molecule has 2 amide bonds. The third-order valence-corrected chi connectivity index (χ3v) is 4.05. The number of aromatic nitrogens is 1. The van der Waals surface area contributed by atoms with Gasteiger partial charge >= 0.3 is 0 Å². The zero-order chi connectivity index (χ0) is 18.7. The molecule has 0 radical (unpaired) electrons. The molecule has 7 nitrogen and oxygen atoms in total. The van der Waals surface area contributed by atoms with Crippen LogP contribution < -0.4 is 0 Å². The van der Waals surface area contributed by atoms with E-state index in [1.807, 2.05) is 29.9 Å². The van der Waals surface area contributed by atoms with Crippen molar-refractivity contribution in [1.82, 2.24) is 14.4 Å². The first-order valence-electron chi connectivity index (χ1n) is 8.67. The lowest BCUT2D eigenvalue weighted by Gasteiger charge is -2.27. The third kappa shape index (κ3) is 7.27. The molecule has 0 N–H and O–H groups in total. The van der Waals surface area contributed by atoms with Crippen molar-refractivity contribution in [3.05, 3.63) is 24.0 Å². The fourth-order valence-electron chi connectivity index (χ4n) is 2.47. The van der Waals surface area contributed by atoms with Crippen molar-refractivity contribution >= 4 is 11.8 Å². The molecule has 142 valence electrons. The molecular weight excluding hydrogens is 322 g/mol. The molecule has 0 spiro atoms. The molecule has 1 aromatic rings. The van der Waals surface area contributed by atoms with Gasteiger partial charge in [-0.15, -0.1) is 0 Å². The van der Waals surface area contributed by atoms with E-state index in [0.29, 0.717) is 26.2 Å². The molecule has 1 rings (SSSR count). The van der Waals surface area contributed by atoms with Crippen LogP contribution in [0.1, 0.15) is 25.5 Å². The number of ether oxygens (including phenoxy) is 2. The molecule has 0 aliphatic carbocycles. The molecule has 1 heterocycles. The Morgan fingerprint density at radius 2 is 1.88 bits per heavy atom. The van der Waals surface area contributed by atoms with Crippen LogP contribution in [0.2, 0.25) is 0 Å². The number of carbonyl (C=O) groups is 2. The summed E-state index contributed by atoms with van der Waals surface area (Å²) in [5.41, 5.74) is 1.03. The van der Waals surface area contributed by atoms with Crippen LogP contribution in [-0.2, 0) is 32.7 Å². The summed E-state index contributed by atoms with van der Waals surface area (Å²) in [5, 5.41) is 0. The second-order valence-electron chi connectivity index (χ2n) is 6.02. The van der Waals surface area contributed by atoms with Crippen molar-refractivity contribution in [2.75, 3.05) is 47.1 Å². The number of carbonyl (C=O) groups excluding carboxylic acids is 2. The molecule has 0 bridgehead atoms. The maximum absolute atomic E-state index is 12.8. The van der Waals surface area contributed by atoms with E-state index in [0.717, 1.165) is 18.5 Å². The minimum atomic E-state index is -0.158. The molecule has 0 aromatic carbocycles. The number of rotatable bonds is 12. The second kappa shape index (κ2) is 11.7. The van der Waals surface area contributed by atoms with Crippen LogP contribution in [-0.4, -0.2) is 73.2 Å². The van der Waals surface area contributed by atoms with E-state index in [1.165, 1.54) is 7.11 Å². The van der Waals surface area contributed by atoms with Gasteiger partial charge in [0.25, 0.3) is 0 Å². The maximum atomic E-state index is 12.8.